The molecule has 1 N–H and O–H groups in total. The molecule has 0 fully saturated rings. The van der Waals surface area contributed by atoms with E-state index >= 15 is 0 Å². The summed E-state index contributed by atoms with van der Waals surface area (Å²) in [6.45, 7) is 4.72. The van der Waals surface area contributed by atoms with Gasteiger partial charge >= 0.3 is 0 Å². The molecule has 92 valence electrons. The molecule has 1 aromatic carbocycles. The van der Waals surface area contributed by atoms with E-state index < -0.39 is 17.0 Å². The Hall–Kier alpha value is -1.47. The average molecular weight is 238 g/mol. The molecular formula is C13H16F2N2. The van der Waals surface area contributed by atoms with Crippen molar-refractivity contribution in [1.29, 1.82) is 5.26 Å². The molecule has 0 aromatic heterocycles. The number of benzene rings is 1. The third-order valence-electron chi connectivity index (χ3n) is 2.64. The maximum Gasteiger partial charge on any atom is 0.127 e. The minimum atomic E-state index is -0.512. The van der Waals surface area contributed by atoms with Crippen molar-refractivity contribution in [2.45, 2.75) is 25.7 Å². The molecule has 0 spiro atoms. The summed E-state index contributed by atoms with van der Waals surface area (Å²) in [4.78, 5) is 0. The molecule has 0 radical (unpaired) electrons. The van der Waals surface area contributed by atoms with Crippen LogP contribution in [0.3, 0.4) is 0 Å². The summed E-state index contributed by atoms with van der Waals surface area (Å²) in [5.74, 6) is -0.843. The highest BCUT2D eigenvalue weighted by Gasteiger charge is 2.24. The first-order valence-corrected chi connectivity index (χ1v) is 5.50. The van der Waals surface area contributed by atoms with Crippen LogP contribution in [-0.4, -0.2) is 13.1 Å². The lowest BCUT2D eigenvalue weighted by Crippen LogP contribution is -2.34. The third kappa shape index (κ3) is 3.79. The lowest BCUT2D eigenvalue weighted by Gasteiger charge is -2.26. The van der Waals surface area contributed by atoms with Gasteiger partial charge in [-0.15, -0.1) is 0 Å². The van der Waals surface area contributed by atoms with E-state index in [0.717, 1.165) is 12.1 Å². The molecule has 0 atom stereocenters. The molecule has 1 aromatic rings. The third-order valence-corrected chi connectivity index (χ3v) is 2.64. The van der Waals surface area contributed by atoms with E-state index in [-0.39, 0.29) is 0 Å². The van der Waals surface area contributed by atoms with Crippen molar-refractivity contribution in [3.05, 3.63) is 35.4 Å². The fraction of sp³-hybridized carbons (Fsp3) is 0.462. The highest BCUT2D eigenvalue weighted by molar-refractivity contribution is 5.26. The minimum absolute atomic E-state index is 0.349. The van der Waals surface area contributed by atoms with Crippen LogP contribution in [0.2, 0.25) is 0 Å². The Morgan fingerprint density at radius 2 is 2.06 bits per heavy atom. The van der Waals surface area contributed by atoms with Gasteiger partial charge in [-0.05, 0) is 23.8 Å². The predicted molar refractivity (Wildman–Crippen MR) is 62.5 cm³/mol. The smallest absolute Gasteiger partial charge is 0.127 e. The quantitative estimate of drug-likeness (QED) is 0.801. The molecule has 0 saturated carbocycles. The Labute approximate surface area is 100 Å². The number of hydrogen-bond donors (Lipinski definition) is 1. The molecule has 2 nitrogen and oxygen atoms in total. The number of nitriles is 1. The summed E-state index contributed by atoms with van der Waals surface area (Å²) in [5, 5.41) is 11.5. The predicted octanol–water partition coefficient (Wildman–Crippen LogP) is 2.75. The minimum Gasteiger partial charge on any atom is -0.315 e. The molecule has 0 amide bonds. The number of nitrogens with one attached hydrogen (secondary N) is 1. The van der Waals surface area contributed by atoms with Gasteiger partial charge in [0.15, 0.2) is 0 Å². The summed E-state index contributed by atoms with van der Waals surface area (Å²) in [5.41, 5.74) is -0.163. The Morgan fingerprint density at radius 1 is 1.35 bits per heavy atom. The van der Waals surface area contributed by atoms with E-state index in [1.807, 2.05) is 19.9 Å². The maximum atomic E-state index is 13.6. The summed E-state index contributed by atoms with van der Waals surface area (Å²) >= 11 is 0. The summed E-state index contributed by atoms with van der Waals surface area (Å²) in [6, 6.07) is 5.49. The number of rotatable bonds is 5. The monoisotopic (exact) mass is 238 g/mol. The zero-order valence-corrected chi connectivity index (χ0v) is 10.1. The Kier molecular flexibility index (Phi) is 4.59. The SMILES string of the molecule is CC(C)(CNCCC#N)c1cc(F)ccc1F. The second-order valence-corrected chi connectivity index (χ2v) is 4.59. The Morgan fingerprint density at radius 3 is 2.71 bits per heavy atom. The van der Waals surface area contributed by atoms with Crippen LogP contribution in [-0.2, 0) is 5.41 Å². The van der Waals surface area contributed by atoms with E-state index in [0.29, 0.717) is 25.1 Å². The highest BCUT2D eigenvalue weighted by Crippen LogP contribution is 2.25. The molecule has 0 saturated heterocycles. The first kappa shape index (κ1) is 13.6. The molecule has 0 aliphatic rings. The van der Waals surface area contributed by atoms with Crippen molar-refractivity contribution in [3.8, 4) is 6.07 Å². The second-order valence-electron chi connectivity index (χ2n) is 4.59. The van der Waals surface area contributed by atoms with Gasteiger partial charge in [-0.1, -0.05) is 13.8 Å². The molecular weight excluding hydrogens is 222 g/mol. The number of nitrogens with zero attached hydrogens (tertiary/aromatic N) is 1. The first-order valence-electron chi connectivity index (χ1n) is 5.50. The van der Waals surface area contributed by atoms with Crippen molar-refractivity contribution >= 4 is 0 Å². The van der Waals surface area contributed by atoms with Gasteiger partial charge in [0, 0.05) is 24.9 Å². The van der Waals surface area contributed by atoms with E-state index in [2.05, 4.69) is 5.32 Å². The van der Waals surface area contributed by atoms with Crippen molar-refractivity contribution in [2.75, 3.05) is 13.1 Å². The van der Waals surface area contributed by atoms with E-state index in [1.54, 1.807) is 0 Å². The van der Waals surface area contributed by atoms with Crippen LogP contribution < -0.4 is 5.32 Å². The van der Waals surface area contributed by atoms with E-state index in [1.165, 1.54) is 6.07 Å². The normalized spacial score (nSPS) is 11.2. The average Bonchev–Trinajstić information content (AvgIpc) is 2.28. The molecule has 1 rings (SSSR count). The Bertz CT molecular complexity index is 422. The summed E-state index contributed by atoms with van der Waals surface area (Å²) in [7, 11) is 0. The van der Waals surface area contributed by atoms with E-state index in [4.69, 9.17) is 5.26 Å². The summed E-state index contributed by atoms with van der Waals surface area (Å²) < 4.78 is 26.7. The van der Waals surface area contributed by atoms with Crippen molar-refractivity contribution < 1.29 is 8.78 Å². The van der Waals surface area contributed by atoms with Crippen LogP contribution in [0.15, 0.2) is 18.2 Å². The molecule has 17 heavy (non-hydrogen) atoms. The van der Waals surface area contributed by atoms with Gasteiger partial charge in [0.2, 0.25) is 0 Å². The van der Waals surface area contributed by atoms with Gasteiger partial charge in [-0.3, -0.25) is 0 Å². The van der Waals surface area contributed by atoms with Crippen LogP contribution in [0, 0.1) is 23.0 Å². The Balaban J connectivity index is 2.75. The molecule has 0 bridgehead atoms. The molecule has 0 unspecified atom stereocenters. The zero-order valence-electron chi connectivity index (χ0n) is 10.1. The lowest BCUT2D eigenvalue weighted by molar-refractivity contribution is 0.443. The molecule has 0 aliphatic carbocycles. The van der Waals surface area contributed by atoms with E-state index in [9.17, 15) is 8.78 Å². The molecule has 0 aliphatic heterocycles. The van der Waals surface area contributed by atoms with Gasteiger partial charge in [0.1, 0.15) is 11.6 Å². The van der Waals surface area contributed by atoms with Crippen LogP contribution in [0.25, 0.3) is 0 Å². The van der Waals surface area contributed by atoms with Crippen molar-refractivity contribution in [1.82, 2.24) is 5.32 Å². The van der Waals surface area contributed by atoms with Gasteiger partial charge < -0.3 is 5.32 Å². The second kappa shape index (κ2) is 5.74. The van der Waals surface area contributed by atoms with Gasteiger partial charge in [0.25, 0.3) is 0 Å². The molecule has 4 heteroatoms. The van der Waals surface area contributed by atoms with Crippen molar-refractivity contribution in [2.24, 2.45) is 0 Å². The van der Waals surface area contributed by atoms with Crippen LogP contribution in [0.4, 0.5) is 8.78 Å². The largest absolute Gasteiger partial charge is 0.315 e. The van der Waals surface area contributed by atoms with Gasteiger partial charge in [-0.2, -0.15) is 5.26 Å². The number of hydrogen-bond acceptors (Lipinski definition) is 2. The van der Waals surface area contributed by atoms with Crippen LogP contribution in [0.1, 0.15) is 25.8 Å². The number of halogens is 2. The molecule has 0 heterocycles. The lowest BCUT2D eigenvalue weighted by atomic mass is 9.84. The van der Waals surface area contributed by atoms with Crippen LogP contribution >= 0.6 is 0 Å². The highest BCUT2D eigenvalue weighted by atomic mass is 19.1. The van der Waals surface area contributed by atoms with Crippen molar-refractivity contribution in [3.63, 3.8) is 0 Å². The fourth-order valence-electron chi connectivity index (χ4n) is 1.66. The van der Waals surface area contributed by atoms with Crippen LogP contribution in [0.5, 0.6) is 0 Å². The fourth-order valence-corrected chi connectivity index (χ4v) is 1.66. The standard InChI is InChI=1S/C13H16F2N2/c1-13(2,9-17-7-3-6-16)11-8-10(14)4-5-12(11)15/h4-5,8,17H,3,7,9H2,1-2H3. The first-order chi connectivity index (χ1) is 7.97. The maximum absolute atomic E-state index is 13.6. The topological polar surface area (TPSA) is 35.8 Å². The van der Waals surface area contributed by atoms with Gasteiger partial charge in [0.05, 0.1) is 6.07 Å². The summed E-state index contributed by atoms with van der Waals surface area (Å²) in [6.07, 6.45) is 0.404. The zero-order chi connectivity index (χ0) is 12.9. The van der Waals surface area contributed by atoms with Gasteiger partial charge in [-0.25, -0.2) is 8.78 Å².